The van der Waals surface area contributed by atoms with Gasteiger partial charge in [0.15, 0.2) is 9.84 Å². The van der Waals surface area contributed by atoms with Crippen LogP contribution in [0.4, 0.5) is 5.69 Å². The molecular formula is C19H20N2O5S. The van der Waals surface area contributed by atoms with Crippen LogP contribution in [-0.4, -0.2) is 25.5 Å². The minimum absolute atomic E-state index is 0.0463. The molecule has 7 nitrogen and oxygen atoms in total. The predicted molar refractivity (Wildman–Crippen MR) is 103 cm³/mol. The maximum absolute atomic E-state index is 12.2. The molecule has 142 valence electrons. The lowest BCUT2D eigenvalue weighted by Crippen LogP contribution is -2.26. The molecule has 27 heavy (non-hydrogen) atoms. The van der Waals surface area contributed by atoms with Crippen molar-refractivity contribution in [2.75, 3.05) is 6.26 Å². The summed E-state index contributed by atoms with van der Waals surface area (Å²) in [7, 11) is -3.27. The van der Waals surface area contributed by atoms with Gasteiger partial charge in [0.2, 0.25) is 5.91 Å². The SMILES string of the molecule is CC[C@@H](NC(=O)/C=C/c1cccc([N+](=O)[O-])c1)c1ccc(S(C)(=O)=O)cc1. The maximum Gasteiger partial charge on any atom is 0.270 e. The van der Waals surface area contributed by atoms with E-state index < -0.39 is 14.8 Å². The molecule has 1 amide bonds. The van der Waals surface area contributed by atoms with Gasteiger partial charge in [-0.15, -0.1) is 0 Å². The summed E-state index contributed by atoms with van der Waals surface area (Å²) < 4.78 is 23.1. The predicted octanol–water partition coefficient (Wildman–Crippen LogP) is 3.28. The van der Waals surface area contributed by atoms with E-state index in [0.717, 1.165) is 11.8 Å². The molecule has 0 saturated carbocycles. The van der Waals surface area contributed by atoms with Gasteiger partial charge in [0, 0.05) is 24.5 Å². The Bertz CT molecular complexity index is 966. The summed E-state index contributed by atoms with van der Waals surface area (Å²) in [6.07, 6.45) is 4.57. The van der Waals surface area contributed by atoms with Crippen molar-refractivity contribution in [2.24, 2.45) is 0 Å². The average Bonchev–Trinajstić information content (AvgIpc) is 2.64. The number of sulfone groups is 1. The molecule has 0 unspecified atom stereocenters. The topological polar surface area (TPSA) is 106 Å². The van der Waals surface area contributed by atoms with Crippen molar-refractivity contribution in [2.45, 2.75) is 24.3 Å². The lowest BCUT2D eigenvalue weighted by atomic mass is 10.0. The van der Waals surface area contributed by atoms with Crippen LogP contribution in [0, 0.1) is 10.1 Å². The zero-order valence-corrected chi connectivity index (χ0v) is 15.8. The lowest BCUT2D eigenvalue weighted by Gasteiger charge is -2.16. The highest BCUT2D eigenvalue weighted by Crippen LogP contribution is 2.19. The molecule has 0 fully saturated rings. The third-order valence-corrected chi connectivity index (χ3v) is 5.07. The fourth-order valence-electron chi connectivity index (χ4n) is 2.50. The summed E-state index contributed by atoms with van der Waals surface area (Å²) in [5, 5.41) is 13.6. The van der Waals surface area contributed by atoms with Crippen molar-refractivity contribution in [1.29, 1.82) is 0 Å². The Labute approximate surface area is 157 Å². The Morgan fingerprint density at radius 1 is 1.22 bits per heavy atom. The van der Waals surface area contributed by atoms with E-state index in [1.54, 1.807) is 24.3 Å². The molecule has 2 rings (SSSR count). The number of carbonyl (C=O) groups is 1. The van der Waals surface area contributed by atoms with E-state index in [1.807, 2.05) is 6.92 Å². The van der Waals surface area contributed by atoms with Gasteiger partial charge in [-0.1, -0.05) is 31.2 Å². The van der Waals surface area contributed by atoms with Crippen LogP contribution in [0.15, 0.2) is 59.5 Å². The molecule has 2 aromatic rings. The van der Waals surface area contributed by atoms with Crippen LogP contribution < -0.4 is 5.32 Å². The van der Waals surface area contributed by atoms with Gasteiger partial charge < -0.3 is 5.32 Å². The molecule has 0 aromatic heterocycles. The van der Waals surface area contributed by atoms with Crippen LogP contribution in [0.25, 0.3) is 6.08 Å². The van der Waals surface area contributed by atoms with E-state index >= 15 is 0 Å². The molecule has 0 heterocycles. The zero-order chi connectivity index (χ0) is 20.0. The Hall–Kier alpha value is -3.00. The molecule has 0 saturated heterocycles. The number of nitrogens with one attached hydrogen (secondary N) is 1. The third-order valence-electron chi connectivity index (χ3n) is 3.94. The molecule has 0 aliphatic carbocycles. The first-order valence-electron chi connectivity index (χ1n) is 8.23. The van der Waals surface area contributed by atoms with Crippen molar-refractivity contribution >= 4 is 27.5 Å². The molecule has 1 atom stereocenters. The Balaban J connectivity index is 2.08. The molecule has 0 spiro atoms. The number of non-ortho nitro benzene ring substituents is 1. The number of carbonyl (C=O) groups excluding carboxylic acids is 1. The summed E-state index contributed by atoms with van der Waals surface area (Å²) in [6, 6.07) is 12.1. The van der Waals surface area contributed by atoms with Crippen LogP contribution >= 0.6 is 0 Å². The van der Waals surface area contributed by atoms with Crippen LogP contribution in [-0.2, 0) is 14.6 Å². The fraction of sp³-hybridized carbons (Fsp3) is 0.211. The van der Waals surface area contributed by atoms with Gasteiger partial charge in [-0.3, -0.25) is 14.9 Å². The molecule has 0 aliphatic heterocycles. The normalized spacial score (nSPS) is 12.7. The average molecular weight is 388 g/mol. The van der Waals surface area contributed by atoms with Gasteiger partial charge in [-0.05, 0) is 35.8 Å². The summed E-state index contributed by atoms with van der Waals surface area (Å²) in [5.41, 5.74) is 1.29. The second-order valence-electron chi connectivity index (χ2n) is 6.00. The minimum Gasteiger partial charge on any atom is -0.346 e. The lowest BCUT2D eigenvalue weighted by molar-refractivity contribution is -0.384. The smallest absolute Gasteiger partial charge is 0.270 e. The van der Waals surface area contributed by atoms with Crippen LogP contribution in [0.5, 0.6) is 0 Å². The van der Waals surface area contributed by atoms with Crippen molar-refractivity contribution in [3.8, 4) is 0 Å². The first-order chi connectivity index (χ1) is 12.7. The van der Waals surface area contributed by atoms with E-state index in [-0.39, 0.29) is 22.5 Å². The third kappa shape index (κ3) is 5.75. The number of hydrogen-bond donors (Lipinski definition) is 1. The van der Waals surface area contributed by atoms with E-state index in [9.17, 15) is 23.3 Å². The molecule has 2 aromatic carbocycles. The van der Waals surface area contributed by atoms with Crippen molar-refractivity contribution in [3.05, 3.63) is 75.8 Å². The molecule has 8 heteroatoms. The fourth-order valence-corrected chi connectivity index (χ4v) is 3.13. The van der Waals surface area contributed by atoms with Crippen LogP contribution in [0.3, 0.4) is 0 Å². The van der Waals surface area contributed by atoms with Crippen LogP contribution in [0.1, 0.15) is 30.5 Å². The van der Waals surface area contributed by atoms with Gasteiger partial charge in [-0.2, -0.15) is 0 Å². The number of benzene rings is 2. The van der Waals surface area contributed by atoms with E-state index in [1.165, 1.54) is 36.4 Å². The molecule has 0 radical (unpaired) electrons. The standard InChI is InChI=1S/C19H20N2O5S/c1-3-18(15-8-10-17(11-9-15)27(2,25)26)20-19(22)12-7-14-5-4-6-16(13-14)21(23)24/h4-13,18H,3H2,1-2H3,(H,20,22)/b12-7+/t18-/m1/s1. The van der Waals surface area contributed by atoms with Crippen molar-refractivity contribution in [1.82, 2.24) is 5.32 Å². The number of amides is 1. The first-order valence-corrected chi connectivity index (χ1v) is 10.1. The van der Waals surface area contributed by atoms with Gasteiger partial charge >= 0.3 is 0 Å². The van der Waals surface area contributed by atoms with Crippen molar-refractivity contribution in [3.63, 3.8) is 0 Å². The minimum atomic E-state index is -3.27. The number of nitro benzene ring substituents is 1. The van der Waals surface area contributed by atoms with Crippen molar-refractivity contribution < 1.29 is 18.1 Å². The Morgan fingerprint density at radius 2 is 1.89 bits per heavy atom. The number of hydrogen-bond acceptors (Lipinski definition) is 5. The van der Waals surface area contributed by atoms with Crippen LogP contribution in [0.2, 0.25) is 0 Å². The summed E-state index contributed by atoms with van der Waals surface area (Å²) >= 11 is 0. The molecule has 0 bridgehead atoms. The largest absolute Gasteiger partial charge is 0.346 e. The van der Waals surface area contributed by atoms with Gasteiger partial charge in [0.25, 0.3) is 5.69 Å². The van der Waals surface area contributed by atoms with E-state index in [0.29, 0.717) is 12.0 Å². The highest BCUT2D eigenvalue weighted by Gasteiger charge is 2.13. The Morgan fingerprint density at radius 3 is 2.44 bits per heavy atom. The second-order valence-corrected chi connectivity index (χ2v) is 8.01. The molecular weight excluding hydrogens is 368 g/mol. The number of nitro groups is 1. The highest BCUT2D eigenvalue weighted by molar-refractivity contribution is 7.90. The second kappa shape index (κ2) is 8.59. The number of rotatable bonds is 7. The van der Waals surface area contributed by atoms with E-state index in [2.05, 4.69) is 5.32 Å². The zero-order valence-electron chi connectivity index (χ0n) is 15.0. The molecule has 0 aliphatic rings. The summed E-state index contributed by atoms with van der Waals surface area (Å²) in [5.74, 6) is -0.347. The number of nitrogens with zero attached hydrogens (tertiary/aromatic N) is 1. The summed E-state index contributed by atoms with van der Waals surface area (Å²) in [6.45, 7) is 1.90. The van der Waals surface area contributed by atoms with E-state index in [4.69, 9.17) is 0 Å². The quantitative estimate of drug-likeness (QED) is 0.445. The highest BCUT2D eigenvalue weighted by atomic mass is 32.2. The maximum atomic E-state index is 12.2. The molecule has 1 N–H and O–H groups in total. The monoisotopic (exact) mass is 388 g/mol. The van der Waals surface area contributed by atoms with Gasteiger partial charge in [-0.25, -0.2) is 8.42 Å². The van der Waals surface area contributed by atoms with Gasteiger partial charge in [0.1, 0.15) is 0 Å². The van der Waals surface area contributed by atoms with Gasteiger partial charge in [0.05, 0.1) is 15.9 Å². The Kier molecular flexibility index (Phi) is 6.46. The first kappa shape index (κ1) is 20.3. The summed E-state index contributed by atoms with van der Waals surface area (Å²) in [4.78, 5) is 22.7.